The molecule has 1 aromatic rings. The number of piperidine rings is 1. The minimum atomic E-state index is -0.737. The van der Waals surface area contributed by atoms with Crippen LogP contribution >= 0.6 is 0 Å². The molecule has 2 rings (SSSR count). The smallest absolute Gasteiger partial charge is 0.311 e. The van der Waals surface area contributed by atoms with Gasteiger partial charge in [0.1, 0.15) is 0 Å². The van der Waals surface area contributed by atoms with Crippen LogP contribution in [-0.2, 0) is 11.2 Å². The number of methoxy groups -OCH3 is 2. The summed E-state index contributed by atoms with van der Waals surface area (Å²) in [6.45, 7) is 1.40. The Kier molecular flexibility index (Phi) is 4.49. The van der Waals surface area contributed by atoms with E-state index in [2.05, 4.69) is 5.32 Å². The third-order valence-electron chi connectivity index (χ3n) is 3.92. The maximum absolute atomic E-state index is 11.7. The van der Waals surface area contributed by atoms with E-state index in [1.165, 1.54) is 0 Å². The van der Waals surface area contributed by atoms with E-state index in [-0.39, 0.29) is 0 Å². The van der Waals surface area contributed by atoms with Crippen molar-refractivity contribution in [2.45, 2.75) is 19.3 Å². The fourth-order valence-corrected chi connectivity index (χ4v) is 2.76. The van der Waals surface area contributed by atoms with Gasteiger partial charge in [0.2, 0.25) is 0 Å². The highest BCUT2D eigenvalue weighted by Gasteiger charge is 2.39. The molecule has 1 fully saturated rings. The van der Waals surface area contributed by atoms with Crippen LogP contribution in [-0.4, -0.2) is 38.4 Å². The van der Waals surface area contributed by atoms with Gasteiger partial charge in [0.05, 0.1) is 19.6 Å². The predicted molar refractivity (Wildman–Crippen MR) is 75.4 cm³/mol. The zero-order valence-corrected chi connectivity index (χ0v) is 11.9. The molecule has 1 atom stereocenters. The molecule has 2 N–H and O–H groups in total. The van der Waals surface area contributed by atoms with Gasteiger partial charge in [0.15, 0.2) is 11.5 Å². The fraction of sp³-hybridized carbons (Fsp3) is 0.533. The minimum absolute atomic E-state index is 0.496. The lowest BCUT2D eigenvalue weighted by atomic mass is 9.76. The highest BCUT2D eigenvalue weighted by Crippen LogP contribution is 2.34. The van der Waals surface area contributed by atoms with Gasteiger partial charge in [0.25, 0.3) is 0 Å². The molecule has 1 unspecified atom stereocenters. The van der Waals surface area contributed by atoms with Crippen molar-refractivity contribution in [1.82, 2.24) is 5.32 Å². The van der Waals surface area contributed by atoms with Gasteiger partial charge in [-0.3, -0.25) is 4.79 Å². The lowest BCUT2D eigenvalue weighted by Gasteiger charge is -2.33. The van der Waals surface area contributed by atoms with Gasteiger partial charge >= 0.3 is 5.97 Å². The van der Waals surface area contributed by atoms with Gasteiger partial charge in [-0.15, -0.1) is 0 Å². The zero-order chi connectivity index (χ0) is 14.6. The molecular weight excluding hydrogens is 258 g/mol. The Morgan fingerprint density at radius 1 is 1.35 bits per heavy atom. The highest BCUT2D eigenvalue weighted by atomic mass is 16.5. The summed E-state index contributed by atoms with van der Waals surface area (Å²) in [5.74, 6) is 0.552. The maximum atomic E-state index is 11.7. The number of rotatable bonds is 5. The molecule has 1 saturated heterocycles. The molecular formula is C15H21NO4. The summed E-state index contributed by atoms with van der Waals surface area (Å²) < 4.78 is 10.5. The van der Waals surface area contributed by atoms with Gasteiger partial charge in [-0.05, 0) is 43.5 Å². The van der Waals surface area contributed by atoms with E-state index in [9.17, 15) is 9.90 Å². The summed E-state index contributed by atoms with van der Waals surface area (Å²) in [5.41, 5.74) is 0.228. The van der Waals surface area contributed by atoms with Gasteiger partial charge in [-0.2, -0.15) is 0 Å². The number of hydrogen-bond acceptors (Lipinski definition) is 4. The molecule has 0 aromatic heterocycles. The fourth-order valence-electron chi connectivity index (χ4n) is 2.76. The molecule has 5 heteroatoms. The predicted octanol–water partition coefficient (Wildman–Crippen LogP) is 1.70. The molecule has 0 spiro atoms. The van der Waals surface area contributed by atoms with E-state index in [1.807, 2.05) is 18.2 Å². The normalized spacial score (nSPS) is 22.3. The van der Waals surface area contributed by atoms with E-state index in [0.717, 1.165) is 18.5 Å². The van der Waals surface area contributed by atoms with Crippen molar-refractivity contribution in [3.63, 3.8) is 0 Å². The molecule has 0 amide bonds. The number of benzene rings is 1. The molecule has 5 nitrogen and oxygen atoms in total. The standard InChI is InChI=1S/C15H21NO4/c1-19-12-5-4-11(8-13(12)20-2)9-15(14(17)18)6-3-7-16-10-15/h4-5,8,16H,3,6-7,9-10H2,1-2H3,(H,17,18). The molecule has 1 aromatic carbocycles. The van der Waals surface area contributed by atoms with Crippen LogP contribution in [0.1, 0.15) is 18.4 Å². The molecule has 1 heterocycles. The Labute approximate surface area is 118 Å². The van der Waals surface area contributed by atoms with E-state index in [0.29, 0.717) is 30.9 Å². The first kappa shape index (κ1) is 14.7. The third kappa shape index (κ3) is 2.88. The van der Waals surface area contributed by atoms with Gasteiger partial charge < -0.3 is 19.9 Å². The molecule has 0 saturated carbocycles. The zero-order valence-electron chi connectivity index (χ0n) is 11.9. The quantitative estimate of drug-likeness (QED) is 0.858. The number of aliphatic carboxylic acids is 1. The molecule has 0 bridgehead atoms. The summed E-state index contributed by atoms with van der Waals surface area (Å²) in [6, 6.07) is 5.58. The van der Waals surface area contributed by atoms with Crippen LogP contribution in [0.2, 0.25) is 0 Å². The summed E-state index contributed by atoms with van der Waals surface area (Å²) in [4.78, 5) is 11.7. The van der Waals surface area contributed by atoms with Crippen molar-refractivity contribution in [2.24, 2.45) is 5.41 Å². The summed E-state index contributed by atoms with van der Waals surface area (Å²) in [6.07, 6.45) is 2.08. The van der Waals surface area contributed by atoms with Gasteiger partial charge in [-0.1, -0.05) is 6.07 Å². The Morgan fingerprint density at radius 3 is 2.65 bits per heavy atom. The second-order valence-electron chi connectivity index (χ2n) is 5.23. The SMILES string of the molecule is COc1ccc(CC2(C(=O)O)CCCNC2)cc1OC. The lowest BCUT2D eigenvalue weighted by molar-refractivity contribution is -0.150. The number of hydrogen-bond donors (Lipinski definition) is 2. The van der Waals surface area contributed by atoms with Crippen LogP contribution in [0.15, 0.2) is 18.2 Å². The second-order valence-corrected chi connectivity index (χ2v) is 5.23. The van der Waals surface area contributed by atoms with Crippen molar-refractivity contribution in [3.8, 4) is 11.5 Å². The van der Waals surface area contributed by atoms with E-state index >= 15 is 0 Å². The third-order valence-corrected chi connectivity index (χ3v) is 3.92. The highest BCUT2D eigenvalue weighted by molar-refractivity contribution is 5.75. The number of carbonyl (C=O) groups is 1. The van der Waals surface area contributed by atoms with E-state index in [1.54, 1.807) is 14.2 Å². The average Bonchev–Trinajstić information content (AvgIpc) is 2.48. The number of carboxylic acid groups (broad SMARTS) is 1. The Balaban J connectivity index is 2.25. The maximum Gasteiger partial charge on any atom is 0.311 e. The number of ether oxygens (including phenoxy) is 2. The van der Waals surface area contributed by atoms with Crippen molar-refractivity contribution in [2.75, 3.05) is 27.3 Å². The number of nitrogens with one attached hydrogen (secondary N) is 1. The van der Waals surface area contributed by atoms with Crippen LogP contribution in [0.25, 0.3) is 0 Å². The second kappa shape index (κ2) is 6.13. The van der Waals surface area contributed by atoms with Gasteiger partial charge in [0, 0.05) is 6.54 Å². The van der Waals surface area contributed by atoms with E-state index < -0.39 is 11.4 Å². The first-order valence-electron chi connectivity index (χ1n) is 6.76. The Morgan fingerprint density at radius 2 is 2.10 bits per heavy atom. The van der Waals surface area contributed by atoms with Gasteiger partial charge in [-0.25, -0.2) is 0 Å². The van der Waals surface area contributed by atoms with Crippen LogP contribution in [0.3, 0.4) is 0 Å². The van der Waals surface area contributed by atoms with Crippen LogP contribution < -0.4 is 14.8 Å². The largest absolute Gasteiger partial charge is 0.493 e. The monoisotopic (exact) mass is 279 g/mol. The first-order valence-corrected chi connectivity index (χ1v) is 6.76. The molecule has 0 radical (unpaired) electrons. The van der Waals surface area contributed by atoms with Crippen molar-refractivity contribution >= 4 is 5.97 Å². The lowest BCUT2D eigenvalue weighted by Crippen LogP contribution is -2.47. The average molecular weight is 279 g/mol. The summed E-state index contributed by atoms with van der Waals surface area (Å²) in [7, 11) is 3.16. The molecule has 1 aliphatic rings. The Bertz CT molecular complexity index is 481. The van der Waals surface area contributed by atoms with Crippen LogP contribution in [0, 0.1) is 5.41 Å². The van der Waals surface area contributed by atoms with Crippen molar-refractivity contribution in [1.29, 1.82) is 0 Å². The molecule has 0 aliphatic carbocycles. The minimum Gasteiger partial charge on any atom is -0.493 e. The topological polar surface area (TPSA) is 67.8 Å². The molecule has 110 valence electrons. The van der Waals surface area contributed by atoms with E-state index in [4.69, 9.17) is 9.47 Å². The Hall–Kier alpha value is -1.75. The van der Waals surface area contributed by atoms with Crippen molar-refractivity contribution < 1.29 is 19.4 Å². The summed E-state index contributed by atoms with van der Waals surface area (Å²) in [5, 5.41) is 12.8. The van der Waals surface area contributed by atoms with Crippen molar-refractivity contribution in [3.05, 3.63) is 23.8 Å². The van der Waals surface area contributed by atoms with Crippen LogP contribution in [0.4, 0.5) is 0 Å². The summed E-state index contributed by atoms with van der Waals surface area (Å²) >= 11 is 0. The van der Waals surface area contributed by atoms with Crippen LogP contribution in [0.5, 0.6) is 11.5 Å². The molecule has 20 heavy (non-hydrogen) atoms. The number of carboxylic acids is 1. The molecule has 1 aliphatic heterocycles. The first-order chi connectivity index (χ1) is 9.61.